The van der Waals surface area contributed by atoms with Crippen LogP contribution in [0.1, 0.15) is 45.4 Å². The van der Waals surface area contributed by atoms with Gasteiger partial charge in [0.25, 0.3) is 0 Å². The van der Waals surface area contributed by atoms with Gasteiger partial charge in [-0.05, 0) is 24.4 Å². The lowest BCUT2D eigenvalue weighted by molar-refractivity contribution is 0.277. The van der Waals surface area contributed by atoms with Gasteiger partial charge in [-0.2, -0.15) is 0 Å². The molecular formula is C12H24OSi. The zero-order valence-corrected chi connectivity index (χ0v) is 10.7. The Bertz CT molecular complexity index is 152. The summed E-state index contributed by atoms with van der Waals surface area (Å²) in [6.07, 6.45) is 10.0. The van der Waals surface area contributed by atoms with Gasteiger partial charge in [0.1, 0.15) is 0 Å². The van der Waals surface area contributed by atoms with Crippen molar-refractivity contribution >= 4 is 9.04 Å². The summed E-state index contributed by atoms with van der Waals surface area (Å²) in [5.74, 6) is 0. The Morgan fingerprint density at radius 3 is 2.93 bits per heavy atom. The van der Waals surface area contributed by atoms with Crippen LogP contribution in [-0.2, 0) is 4.43 Å². The molecule has 0 N–H and O–H groups in total. The number of hydrogen-bond donors (Lipinski definition) is 0. The van der Waals surface area contributed by atoms with E-state index in [1.54, 1.807) is 0 Å². The highest BCUT2D eigenvalue weighted by Gasteiger charge is 2.24. The van der Waals surface area contributed by atoms with Gasteiger partial charge in [0, 0.05) is 6.61 Å². The Morgan fingerprint density at radius 1 is 1.50 bits per heavy atom. The Balaban J connectivity index is 2.34. The second-order valence-corrected chi connectivity index (χ2v) is 7.26. The molecule has 0 spiro atoms. The van der Waals surface area contributed by atoms with Crippen LogP contribution in [-0.4, -0.2) is 15.6 Å². The molecule has 0 saturated carbocycles. The lowest BCUT2D eigenvalue weighted by Gasteiger charge is -2.28. The SMILES string of the molecule is C=CCC(CCCC)[SiH]1CCCCO1. The lowest BCUT2D eigenvalue weighted by atomic mass is 10.1. The van der Waals surface area contributed by atoms with E-state index in [0.717, 1.165) is 12.1 Å². The van der Waals surface area contributed by atoms with Crippen molar-refractivity contribution in [1.82, 2.24) is 0 Å². The molecule has 0 aromatic heterocycles. The fraction of sp³-hybridized carbons (Fsp3) is 0.833. The molecular weight excluding hydrogens is 188 g/mol. The molecule has 0 aliphatic carbocycles. The van der Waals surface area contributed by atoms with Crippen molar-refractivity contribution in [3.8, 4) is 0 Å². The average molecular weight is 212 g/mol. The zero-order valence-electron chi connectivity index (χ0n) is 9.50. The molecule has 1 nitrogen and oxygen atoms in total. The molecule has 0 amide bonds. The van der Waals surface area contributed by atoms with E-state index in [0.29, 0.717) is 0 Å². The van der Waals surface area contributed by atoms with E-state index < -0.39 is 9.04 Å². The largest absolute Gasteiger partial charge is 0.420 e. The van der Waals surface area contributed by atoms with Crippen LogP contribution in [0.15, 0.2) is 12.7 Å². The molecule has 1 aliphatic rings. The maximum absolute atomic E-state index is 5.98. The summed E-state index contributed by atoms with van der Waals surface area (Å²) in [6.45, 7) is 7.18. The van der Waals surface area contributed by atoms with Crippen LogP contribution in [0.25, 0.3) is 0 Å². The second-order valence-electron chi connectivity index (χ2n) is 4.33. The van der Waals surface area contributed by atoms with E-state index >= 15 is 0 Å². The fourth-order valence-electron chi connectivity index (χ4n) is 2.27. The predicted molar refractivity (Wildman–Crippen MR) is 65.2 cm³/mol. The minimum absolute atomic E-state index is 0.862. The summed E-state index contributed by atoms with van der Waals surface area (Å²) in [5.41, 5.74) is 0.868. The number of rotatable bonds is 6. The van der Waals surface area contributed by atoms with Crippen LogP contribution < -0.4 is 0 Å². The third kappa shape index (κ3) is 3.97. The molecule has 1 fully saturated rings. The quantitative estimate of drug-likeness (QED) is 0.482. The maximum Gasteiger partial charge on any atom is 0.180 e. The van der Waals surface area contributed by atoms with E-state index in [2.05, 4.69) is 19.6 Å². The van der Waals surface area contributed by atoms with Gasteiger partial charge in [0.2, 0.25) is 0 Å². The van der Waals surface area contributed by atoms with Crippen molar-refractivity contribution < 1.29 is 4.43 Å². The van der Waals surface area contributed by atoms with Crippen molar-refractivity contribution in [3.05, 3.63) is 12.7 Å². The molecule has 2 heteroatoms. The minimum atomic E-state index is -0.862. The van der Waals surface area contributed by atoms with Gasteiger partial charge >= 0.3 is 0 Å². The first-order valence-electron chi connectivity index (χ1n) is 6.11. The molecule has 1 aliphatic heterocycles. The van der Waals surface area contributed by atoms with Gasteiger partial charge in [-0.1, -0.05) is 38.7 Å². The van der Waals surface area contributed by atoms with Gasteiger partial charge in [0.15, 0.2) is 9.04 Å². The van der Waals surface area contributed by atoms with Crippen LogP contribution >= 0.6 is 0 Å². The van der Waals surface area contributed by atoms with Gasteiger partial charge < -0.3 is 4.43 Å². The Kier molecular flexibility index (Phi) is 6.20. The summed E-state index contributed by atoms with van der Waals surface area (Å²) in [5, 5.41) is 0. The highest BCUT2D eigenvalue weighted by Crippen LogP contribution is 2.29. The van der Waals surface area contributed by atoms with Crippen molar-refractivity contribution in [2.24, 2.45) is 0 Å². The number of unbranched alkanes of at least 4 members (excludes halogenated alkanes) is 1. The van der Waals surface area contributed by atoms with Gasteiger partial charge in [-0.25, -0.2) is 0 Å². The van der Waals surface area contributed by atoms with Gasteiger partial charge in [0.05, 0.1) is 0 Å². The molecule has 0 bridgehead atoms. The van der Waals surface area contributed by atoms with E-state index in [1.165, 1.54) is 44.6 Å². The number of hydrogen-bond acceptors (Lipinski definition) is 1. The molecule has 0 aromatic rings. The topological polar surface area (TPSA) is 9.23 Å². The monoisotopic (exact) mass is 212 g/mol. The Labute approximate surface area is 90.3 Å². The first-order valence-corrected chi connectivity index (χ1v) is 8.06. The average Bonchev–Trinajstić information content (AvgIpc) is 2.25. The van der Waals surface area contributed by atoms with Crippen molar-refractivity contribution in [3.63, 3.8) is 0 Å². The molecule has 1 saturated heterocycles. The third-order valence-corrected chi connectivity index (χ3v) is 6.44. The standard InChI is InChI=1S/C12H24OSi/c1-3-5-9-12(8-4-2)14-11-7-6-10-13-14/h4,12,14H,2-3,5-11H2,1H3. The molecule has 2 atom stereocenters. The summed E-state index contributed by atoms with van der Waals surface area (Å²) in [4.78, 5) is 0. The molecule has 1 heterocycles. The second kappa shape index (κ2) is 7.24. The van der Waals surface area contributed by atoms with Crippen LogP contribution in [0, 0.1) is 0 Å². The summed E-state index contributed by atoms with van der Waals surface area (Å²) >= 11 is 0. The summed E-state index contributed by atoms with van der Waals surface area (Å²) in [7, 11) is -0.862. The molecule has 82 valence electrons. The zero-order chi connectivity index (χ0) is 10.2. The van der Waals surface area contributed by atoms with Crippen LogP contribution in [0.5, 0.6) is 0 Å². The van der Waals surface area contributed by atoms with E-state index in [9.17, 15) is 0 Å². The van der Waals surface area contributed by atoms with E-state index in [4.69, 9.17) is 4.43 Å². The predicted octanol–water partition coefficient (Wildman–Crippen LogP) is 3.66. The summed E-state index contributed by atoms with van der Waals surface area (Å²) in [6, 6.07) is 1.40. The van der Waals surface area contributed by atoms with Crippen molar-refractivity contribution in [2.75, 3.05) is 6.61 Å². The van der Waals surface area contributed by atoms with Gasteiger partial charge in [-0.3, -0.25) is 0 Å². The molecule has 14 heavy (non-hydrogen) atoms. The van der Waals surface area contributed by atoms with E-state index in [-0.39, 0.29) is 0 Å². The molecule has 0 radical (unpaired) electrons. The van der Waals surface area contributed by atoms with Crippen LogP contribution in [0.2, 0.25) is 11.6 Å². The van der Waals surface area contributed by atoms with Crippen molar-refractivity contribution in [1.29, 1.82) is 0 Å². The van der Waals surface area contributed by atoms with Crippen LogP contribution in [0.4, 0.5) is 0 Å². The molecule has 0 aromatic carbocycles. The first kappa shape index (κ1) is 12.0. The van der Waals surface area contributed by atoms with E-state index in [1.807, 2.05) is 0 Å². The molecule has 1 rings (SSSR count). The van der Waals surface area contributed by atoms with Gasteiger partial charge in [-0.15, -0.1) is 6.58 Å². The van der Waals surface area contributed by atoms with Crippen molar-refractivity contribution in [2.45, 2.75) is 57.0 Å². The third-order valence-electron chi connectivity index (χ3n) is 3.14. The highest BCUT2D eigenvalue weighted by atomic mass is 28.3. The highest BCUT2D eigenvalue weighted by molar-refractivity contribution is 6.53. The first-order chi connectivity index (χ1) is 6.88. The normalized spacial score (nSPS) is 24.5. The van der Waals surface area contributed by atoms with Crippen LogP contribution in [0.3, 0.4) is 0 Å². The summed E-state index contributed by atoms with van der Waals surface area (Å²) < 4.78 is 5.98. The Morgan fingerprint density at radius 2 is 2.36 bits per heavy atom. The fourth-order valence-corrected chi connectivity index (χ4v) is 5.45. The minimum Gasteiger partial charge on any atom is -0.420 e. The lowest BCUT2D eigenvalue weighted by Crippen LogP contribution is -2.28. The molecule has 2 unspecified atom stereocenters. The maximum atomic E-state index is 5.98. The number of allylic oxidation sites excluding steroid dienone is 1. The Hall–Kier alpha value is -0.0831. The smallest absolute Gasteiger partial charge is 0.180 e.